The minimum absolute atomic E-state index is 0.142. The zero-order valence-electron chi connectivity index (χ0n) is 12.6. The summed E-state index contributed by atoms with van der Waals surface area (Å²) >= 11 is 1.62. The van der Waals surface area contributed by atoms with Crippen LogP contribution in [0.25, 0.3) is 10.2 Å². The fourth-order valence-corrected chi connectivity index (χ4v) is 3.72. The summed E-state index contributed by atoms with van der Waals surface area (Å²) in [7, 11) is 0. The summed E-state index contributed by atoms with van der Waals surface area (Å²) in [6.07, 6.45) is 1.57. The number of piperazine rings is 1. The maximum atomic E-state index is 12.5. The van der Waals surface area contributed by atoms with E-state index in [1.54, 1.807) is 17.7 Å². The minimum atomic E-state index is 0.142. The zero-order chi connectivity index (χ0) is 15.6. The molecule has 1 amide bonds. The van der Waals surface area contributed by atoms with Crippen molar-refractivity contribution in [2.45, 2.75) is 6.54 Å². The number of hydrogen-bond acceptors (Lipinski definition) is 5. The zero-order valence-corrected chi connectivity index (χ0v) is 13.4. The fraction of sp³-hybridized carbons (Fsp3) is 0.235. The van der Waals surface area contributed by atoms with Crippen molar-refractivity contribution in [1.29, 1.82) is 0 Å². The van der Waals surface area contributed by atoms with Crippen LogP contribution in [0.1, 0.15) is 5.56 Å². The molecule has 1 saturated heterocycles. The largest absolute Gasteiger partial charge is 0.344 e. The van der Waals surface area contributed by atoms with Crippen molar-refractivity contribution in [2.75, 3.05) is 24.5 Å². The van der Waals surface area contributed by atoms with E-state index in [9.17, 15) is 4.79 Å². The van der Waals surface area contributed by atoms with Crippen molar-refractivity contribution in [3.8, 4) is 0 Å². The van der Waals surface area contributed by atoms with Gasteiger partial charge in [-0.2, -0.15) is 0 Å². The molecule has 0 unspecified atom stereocenters. The number of carbonyl (C=O) groups excluding carboxylic acids is 1. The molecule has 6 heteroatoms. The molecule has 1 fully saturated rings. The van der Waals surface area contributed by atoms with Gasteiger partial charge in [0.2, 0.25) is 5.91 Å². The van der Waals surface area contributed by atoms with Crippen LogP contribution in [0, 0.1) is 0 Å². The number of benzene rings is 1. The molecule has 0 spiro atoms. The van der Waals surface area contributed by atoms with E-state index in [-0.39, 0.29) is 5.91 Å². The number of hydrogen-bond donors (Lipinski definition) is 0. The smallest absolute Gasteiger partial charge is 0.242 e. The van der Waals surface area contributed by atoms with Gasteiger partial charge in [0.25, 0.3) is 0 Å². The molecule has 1 aromatic carbocycles. The minimum Gasteiger partial charge on any atom is -0.344 e. The average molecular weight is 324 g/mol. The van der Waals surface area contributed by atoms with Gasteiger partial charge in [0, 0.05) is 19.6 Å². The Morgan fingerprint density at radius 1 is 1.09 bits per heavy atom. The Kier molecular flexibility index (Phi) is 3.67. The second-order valence-corrected chi connectivity index (χ2v) is 6.47. The van der Waals surface area contributed by atoms with Crippen LogP contribution in [0.5, 0.6) is 0 Å². The van der Waals surface area contributed by atoms with Gasteiger partial charge in [-0.15, -0.1) is 11.3 Å². The van der Waals surface area contributed by atoms with E-state index in [0.29, 0.717) is 19.6 Å². The molecular formula is C17H16N4OS. The van der Waals surface area contributed by atoms with Gasteiger partial charge in [-0.1, -0.05) is 30.3 Å². The Labute approximate surface area is 138 Å². The molecule has 23 heavy (non-hydrogen) atoms. The molecule has 0 N–H and O–H groups in total. The normalized spacial score (nSPS) is 15.4. The first-order chi connectivity index (χ1) is 11.3. The molecule has 116 valence electrons. The van der Waals surface area contributed by atoms with Crippen LogP contribution < -0.4 is 4.90 Å². The highest BCUT2D eigenvalue weighted by atomic mass is 32.1. The highest BCUT2D eigenvalue weighted by Gasteiger charge is 2.26. The number of fused-ring (bicyclic) bond motifs is 1. The van der Waals surface area contributed by atoms with Gasteiger partial charge in [-0.3, -0.25) is 4.79 Å². The number of amides is 1. The molecule has 0 aliphatic carbocycles. The quantitative estimate of drug-likeness (QED) is 0.743. The molecule has 3 heterocycles. The molecule has 0 atom stereocenters. The van der Waals surface area contributed by atoms with E-state index in [4.69, 9.17) is 0 Å². The number of carbonyl (C=O) groups is 1. The van der Waals surface area contributed by atoms with Crippen molar-refractivity contribution >= 4 is 33.3 Å². The van der Waals surface area contributed by atoms with E-state index in [0.717, 1.165) is 28.1 Å². The molecule has 4 rings (SSSR count). The second kappa shape index (κ2) is 5.96. The van der Waals surface area contributed by atoms with Gasteiger partial charge >= 0.3 is 0 Å². The lowest BCUT2D eigenvalue weighted by molar-refractivity contribution is -0.131. The van der Waals surface area contributed by atoms with Gasteiger partial charge in [-0.25, -0.2) is 9.97 Å². The van der Waals surface area contributed by atoms with Crippen molar-refractivity contribution in [3.63, 3.8) is 0 Å². The molecule has 0 radical (unpaired) electrons. The van der Waals surface area contributed by atoms with Crippen LogP contribution in [0.2, 0.25) is 0 Å². The van der Waals surface area contributed by atoms with Crippen LogP contribution in [0.3, 0.4) is 0 Å². The van der Waals surface area contributed by atoms with Crippen LogP contribution >= 0.6 is 11.3 Å². The number of rotatable bonds is 3. The van der Waals surface area contributed by atoms with Gasteiger partial charge in [0.15, 0.2) is 5.82 Å². The van der Waals surface area contributed by atoms with E-state index in [1.807, 2.05) is 34.5 Å². The summed E-state index contributed by atoms with van der Waals surface area (Å²) in [4.78, 5) is 25.1. The van der Waals surface area contributed by atoms with Crippen molar-refractivity contribution < 1.29 is 4.79 Å². The monoisotopic (exact) mass is 324 g/mol. The van der Waals surface area contributed by atoms with E-state index < -0.39 is 0 Å². The van der Waals surface area contributed by atoms with E-state index in [1.165, 1.54) is 0 Å². The number of anilines is 1. The molecular weight excluding hydrogens is 308 g/mol. The molecule has 5 nitrogen and oxygen atoms in total. The Hall–Kier alpha value is -2.47. The third-order valence-electron chi connectivity index (χ3n) is 4.06. The highest BCUT2D eigenvalue weighted by Crippen LogP contribution is 2.28. The molecule has 1 aliphatic heterocycles. The summed E-state index contributed by atoms with van der Waals surface area (Å²) in [5.41, 5.74) is 2.11. The molecule has 0 saturated carbocycles. The predicted octanol–water partition coefficient (Wildman–Crippen LogP) is 2.54. The van der Waals surface area contributed by atoms with Crippen LogP contribution in [-0.2, 0) is 11.3 Å². The fourth-order valence-electron chi connectivity index (χ4n) is 2.86. The lowest BCUT2D eigenvalue weighted by Gasteiger charge is -2.35. The van der Waals surface area contributed by atoms with Crippen LogP contribution in [-0.4, -0.2) is 40.4 Å². The van der Waals surface area contributed by atoms with Crippen LogP contribution in [0.4, 0.5) is 5.82 Å². The summed E-state index contributed by atoms with van der Waals surface area (Å²) in [5, 5.41) is 2.01. The third kappa shape index (κ3) is 2.77. The number of nitrogens with zero attached hydrogens (tertiary/aromatic N) is 4. The first-order valence-corrected chi connectivity index (χ1v) is 8.44. The van der Waals surface area contributed by atoms with Crippen molar-refractivity contribution in [1.82, 2.24) is 14.9 Å². The maximum Gasteiger partial charge on any atom is 0.242 e. The maximum absolute atomic E-state index is 12.5. The third-order valence-corrected chi connectivity index (χ3v) is 4.96. The van der Waals surface area contributed by atoms with Crippen molar-refractivity contribution in [3.05, 3.63) is 53.7 Å². The first kappa shape index (κ1) is 14.1. The standard InChI is InChI=1S/C17H16N4OS/c22-15-11-21(17-16-14(6-9-23-16)18-12-19-17)8-7-20(15)10-13-4-2-1-3-5-13/h1-6,9,12H,7-8,10-11H2. The number of thiophene rings is 1. The summed E-state index contributed by atoms with van der Waals surface area (Å²) < 4.78 is 1.05. The average Bonchev–Trinajstić information content (AvgIpc) is 3.06. The lowest BCUT2D eigenvalue weighted by atomic mass is 10.2. The molecule has 2 aromatic heterocycles. The van der Waals surface area contributed by atoms with Gasteiger partial charge in [0.05, 0.1) is 16.8 Å². The van der Waals surface area contributed by atoms with Crippen LogP contribution in [0.15, 0.2) is 48.1 Å². The first-order valence-electron chi connectivity index (χ1n) is 7.56. The van der Waals surface area contributed by atoms with Gasteiger partial charge in [0.1, 0.15) is 6.33 Å². The topological polar surface area (TPSA) is 49.3 Å². The van der Waals surface area contributed by atoms with Crippen molar-refractivity contribution in [2.24, 2.45) is 0 Å². The SMILES string of the molecule is O=C1CN(c2ncnc3ccsc23)CCN1Cc1ccccc1. The second-order valence-electron chi connectivity index (χ2n) is 5.55. The Morgan fingerprint density at radius 3 is 2.78 bits per heavy atom. The highest BCUT2D eigenvalue weighted by molar-refractivity contribution is 7.17. The molecule has 3 aromatic rings. The summed E-state index contributed by atoms with van der Waals surface area (Å²) in [6, 6.07) is 12.1. The van der Waals surface area contributed by atoms with E-state index in [2.05, 4.69) is 27.0 Å². The Morgan fingerprint density at radius 2 is 1.96 bits per heavy atom. The van der Waals surface area contributed by atoms with E-state index >= 15 is 0 Å². The molecule has 1 aliphatic rings. The van der Waals surface area contributed by atoms with Gasteiger partial charge in [-0.05, 0) is 17.0 Å². The summed E-state index contributed by atoms with van der Waals surface area (Å²) in [6.45, 7) is 2.55. The predicted molar refractivity (Wildman–Crippen MR) is 91.5 cm³/mol. The number of aromatic nitrogens is 2. The Balaban J connectivity index is 1.51. The Bertz CT molecular complexity index is 833. The van der Waals surface area contributed by atoms with Gasteiger partial charge < -0.3 is 9.80 Å². The summed E-state index contributed by atoms with van der Waals surface area (Å²) in [5.74, 6) is 1.01. The lowest BCUT2D eigenvalue weighted by Crippen LogP contribution is -2.50. The molecule has 0 bridgehead atoms.